The molecule has 0 aliphatic carbocycles. The third-order valence-electron chi connectivity index (χ3n) is 2.64. The summed E-state index contributed by atoms with van der Waals surface area (Å²) in [5.74, 6) is 1.45. The lowest BCUT2D eigenvalue weighted by Gasteiger charge is -1.99. The number of aryl methyl sites for hydroxylation is 1. The van der Waals surface area contributed by atoms with Crippen LogP contribution in [0.15, 0.2) is 33.3 Å². The number of hydrogen-bond donors (Lipinski definition) is 1. The largest absolute Gasteiger partial charge is 0.339 e. The zero-order chi connectivity index (χ0) is 12.8. The number of halogens is 1. The van der Waals surface area contributed by atoms with Gasteiger partial charge in [0.2, 0.25) is 5.89 Å². The van der Waals surface area contributed by atoms with Crippen molar-refractivity contribution in [1.82, 2.24) is 15.5 Å². The fourth-order valence-electron chi connectivity index (χ4n) is 1.69. The molecule has 0 unspecified atom stereocenters. The van der Waals surface area contributed by atoms with Crippen molar-refractivity contribution < 1.29 is 4.52 Å². The van der Waals surface area contributed by atoms with Crippen LogP contribution in [0.4, 0.5) is 0 Å². The van der Waals surface area contributed by atoms with Crippen LogP contribution in [-0.4, -0.2) is 23.7 Å². The Morgan fingerprint density at radius 2 is 2.17 bits per heavy atom. The average Bonchev–Trinajstić information content (AvgIpc) is 2.80. The molecule has 0 radical (unpaired) electrons. The Labute approximate surface area is 115 Å². The molecule has 0 aliphatic heterocycles. The van der Waals surface area contributed by atoms with Gasteiger partial charge in [-0.05, 0) is 31.6 Å². The predicted octanol–water partition coefficient (Wildman–Crippen LogP) is 2.57. The maximum atomic E-state index is 5.25. The Bertz CT molecular complexity index is 498. The minimum atomic E-state index is 0.667. The van der Waals surface area contributed by atoms with E-state index in [9.17, 15) is 0 Å². The lowest BCUT2D eigenvalue weighted by molar-refractivity contribution is 0.378. The van der Waals surface area contributed by atoms with E-state index in [4.69, 9.17) is 4.52 Å². The van der Waals surface area contributed by atoms with Crippen LogP contribution in [-0.2, 0) is 12.8 Å². The predicted molar refractivity (Wildman–Crippen MR) is 73.5 cm³/mol. The summed E-state index contributed by atoms with van der Waals surface area (Å²) in [6.45, 7) is 0.966. The van der Waals surface area contributed by atoms with Crippen LogP contribution in [0.5, 0.6) is 0 Å². The molecule has 0 fully saturated rings. The van der Waals surface area contributed by atoms with E-state index in [1.807, 2.05) is 25.2 Å². The second kappa shape index (κ2) is 6.66. The number of hydrogen-bond acceptors (Lipinski definition) is 4. The molecule has 2 aromatic rings. The highest BCUT2D eigenvalue weighted by Crippen LogP contribution is 2.18. The molecule has 1 aromatic carbocycles. The molecule has 0 bridgehead atoms. The van der Waals surface area contributed by atoms with E-state index < -0.39 is 0 Å². The van der Waals surface area contributed by atoms with Crippen LogP contribution in [0.25, 0.3) is 0 Å². The first-order valence-corrected chi connectivity index (χ1v) is 6.78. The van der Waals surface area contributed by atoms with Gasteiger partial charge in [-0.1, -0.05) is 39.3 Å². The van der Waals surface area contributed by atoms with Crippen molar-refractivity contribution in [1.29, 1.82) is 0 Å². The first-order chi connectivity index (χ1) is 8.79. The summed E-state index contributed by atoms with van der Waals surface area (Å²) in [7, 11) is 1.94. The molecule has 0 saturated carbocycles. The molecule has 1 heterocycles. The molecular weight excluding hydrogens is 294 g/mol. The van der Waals surface area contributed by atoms with Crippen molar-refractivity contribution in [3.63, 3.8) is 0 Å². The normalized spacial score (nSPS) is 10.8. The van der Waals surface area contributed by atoms with E-state index in [0.29, 0.717) is 12.3 Å². The van der Waals surface area contributed by atoms with Crippen molar-refractivity contribution in [2.45, 2.75) is 19.3 Å². The van der Waals surface area contributed by atoms with E-state index in [0.717, 1.165) is 35.2 Å². The summed E-state index contributed by atoms with van der Waals surface area (Å²) in [6, 6.07) is 8.06. The van der Waals surface area contributed by atoms with Crippen molar-refractivity contribution in [3.05, 3.63) is 46.0 Å². The Balaban J connectivity index is 1.96. The number of nitrogens with one attached hydrogen (secondary N) is 1. The fraction of sp³-hybridized carbons (Fsp3) is 0.385. The van der Waals surface area contributed by atoms with E-state index in [-0.39, 0.29) is 0 Å². The summed E-state index contributed by atoms with van der Waals surface area (Å²) in [5, 5.41) is 7.08. The Kier molecular flexibility index (Phi) is 4.90. The van der Waals surface area contributed by atoms with Gasteiger partial charge < -0.3 is 9.84 Å². The minimum Gasteiger partial charge on any atom is -0.339 e. The highest BCUT2D eigenvalue weighted by molar-refractivity contribution is 9.10. The summed E-state index contributed by atoms with van der Waals surface area (Å²) in [5.41, 5.74) is 1.16. The number of rotatable bonds is 6. The highest BCUT2D eigenvalue weighted by atomic mass is 79.9. The first-order valence-electron chi connectivity index (χ1n) is 5.99. The van der Waals surface area contributed by atoms with Gasteiger partial charge in [0.05, 0.1) is 6.42 Å². The molecule has 18 heavy (non-hydrogen) atoms. The van der Waals surface area contributed by atoms with E-state index in [2.05, 4.69) is 37.5 Å². The molecule has 5 heteroatoms. The van der Waals surface area contributed by atoms with Crippen molar-refractivity contribution in [2.75, 3.05) is 13.6 Å². The van der Waals surface area contributed by atoms with Gasteiger partial charge in [-0.15, -0.1) is 0 Å². The van der Waals surface area contributed by atoms with Gasteiger partial charge in [0, 0.05) is 10.9 Å². The summed E-state index contributed by atoms with van der Waals surface area (Å²) < 4.78 is 6.32. The highest BCUT2D eigenvalue weighted by Gasteiger charge is 2.08. The van der Waals surface area contributed by atoms with Gasteiger partial charge in [0.1, 0.15) is 0 Å². The van der Waals surface area contributed by atoms with Crippen molar-refractivity contribution >= 4 is 15.9 Å². The monoisotopic (exact) mass is 309 g/mol. The van der Waals surface area contributed by atoms with Gasteiger partial charge >= 0.3 is 0 Å². The van der Waals surface area contributed by atoms with Crippen molar-refractivity contribution in [2.24, 2.45) is 0 Å². The molecule has 4 nitrogen and oxygen atoms in total. The third kappa shape index (κ3) is 3.65. The van der Waals surface area contributed by atoms with E-state index >= 15 is 0 Å². The van der Waals surface area contributed by atoms with Crippen LogP contribution < -0.4 is 5.32 Å². The summed E-state index contributed by atoms with van der Waals surface area (Å²) >= 11 is 3.51. The number of nitrogens with zero attached hydrogens (tertiary/aromatic N) is 2. The van der Waals surface area contributed by atoms with Gasteiger partial charge in [0.25, 0.3) is 0 Å². The molecule has 1 aromatic heterocycles. The van der Waals surface area contributed by atoms with Crippen LogP contribution >= 0.6 is 15.9 Å². The Morgan fingerprint density at radius 1 is 1.33 bits per heavy atom. The zero-order valence-electron chi connectivity index (χ0n) is 10.3. The molecule has 2 rings (SSSR count). The van der Waals surface area contributed by atoms with E-state index in [1.165, 1.54) is 0 Å². The molecule has 96 valence electrons. The number of aromatic nitrogens is 2. The average molecular weight is 310 g/mol. The topological polar surface area (TPSA) is 51.0 Å². The van der Waals surface area contributed by atoms with Crippen LogP contribution in [0.2, 0.25) is 0 Å². The van der Waals surface area contributed by atoms with Crippen LogP contribution in [0, 0.1) is 0 Å². The summed E-state index contributed by atoms with van der Waals surface area (Å²) in [6.07, 6.45) is 2.53. The van der Waals surface area contributed by atoms with Gasteiger partial charge in [-0.25, -0.2) is 0 Å². The quantitative estimate of drug-likeness (QED) is 0.833. The maximum Gasteiger partial charge on any atom is 0.231 e. The molecule has 0 saturated heterocycles. The van der Waals surface area contributed by atoms with Crippen LogP contribution in [0.1, 0.15) is 23.7 Å². The fourth-order valence-corrected chi connectivity index (χ4v) is 2.12. The maximum absolute atomic E-state index is 5.25. The third-order valence-corrected chi connectivity index (χ3v) is 3.41. The SMILES string of the molecule is CNCCCc1noc(Cc2ccccc2Br)n1. The number of benzene rings is 1. The molecule has 0 aliphatic rings. The second-order valence-electron chi connectivity index (χ2n) is 4.08. The first kappa shape index (κ1) is 13.2. The van der Waals surface area contributed by atoms with Crippen LogP contribution in [0.3, 0.4) is 0 Å². The zero-order valence-corrected chi connectivity index (χ0v) is 11.9. The molecule has 1 N–H and O–H groups in total. The molecule has 0 atom stereocenters. The molecule has 0 spiro atoms. The second-order valence-corrected chi connectivity index (χ2v) is 4.93. The molecular formula is C13H16BrN3O. The lowest BCUT2D eigenvalue weighted by Crippen LogP contribution is -2.08. The van der Waals surface area contributed by atoms with Gasteiger partial charge in [-0.3, -0.25) is 0 Å². The Morgan fingerprint density at radius 3 is 2.94 bits per heavy atom. The smallest absolute Gasteiger partial charge is 0.231 e. The Hall–Kier alpha value is -1.20. The van der Waals surface area contributed by atoms with Crippen molar-refractivity contribution in [3.8, 4) is 0 Å². The standard InChI is InChI=1S/C13H16BrN3O/c1-15-8-4-7-12-16-13(18-17-12)9-10-5-2-3-6-11(10)14/h2-3,5-6,15H,4,7-9H2,1H3. The van der Waals surface area contributed by atoms with Gasteiger partial charge in [-0.2, -0.15) is 4.98 Å². The molecule has 0 amide bonds. The minimum absolute atomic E-state index is 0.667. The lowest BCUT2D eigenvalue weighted by atomic mass is 10.1. The van der Waals surface area contributed by atoms with E-state index in [1.54, 1.807) is 0 Å². The summed E-state index contributed by atoms with van der Waals surface area (Å²) in [4.78, 5) is 4.39. The van der Waals surface area contributed by atoms with Gasteiger partial charge in [0.15, 0.2) is 5.82 Å².